The fourth-order valence-electron chi connectivity index (χ4n) is 7.81. The first-order chi connectivity index (χ1) is 19.0. The molecule has 2 aliphatic carbocycles. The normalized spacial score (nSPS) is 28.9. The summed E-state index contributed by atoms with van der Waals surface area (Å²) in [5.41, 5.74) is 3.43. The maximum Gasteiger partial charge on any atom is 0.416 e. The van der Waals surface area contributed by atoms with Crippen LogP contribution in [0.15, 0.2) is 29.3 Å². The number of hydrogen-bond acceptors (Lipinski definition) is 4. The molecule has 1 aromatic rings. The predicted octanol–water partition coefficient (Wildman–Crippen LogP) is 6.85. The Hall–Kier alpha value is -2.06. The number of likely N-dealkylation sites (tertiary alicyclic amines) is 1. The van der Waals surface area contributed by atoms with Crippen LogP contribution in [0, 0.1) is 17.3 Å². The van der Waals surface area contributed by atoms with Gasteiger partial charge < -0.3 is 20.1 Å². The van der Waals surface area contributed by atoms with Crippen molar-refractivity contribution in [1.29, 1.82) is 0 Å². The number of alkyl halides is 3. The summed E-state index contributed by atoms with van der Waals surface area (Å²) in [4.78, 5) is 13.9. The summed E-state index contributed by atoms with van der Waals surface area (Å²) in [7, 11) is 0. The van der Waals surface area contributed by atoms with E-state index in [0.29, 0.717) is 42.2 Å². The van der Waals surface area contributed by atoms with Gasteiger partial charge in [-0.2, -0.15) is 13.2 Å². The second-order valence-corrected chi connectivity index (χ2v) is 13.0. The largest absolute Gasteiger partial charge is 0.493 e. The highest BCUT2D eigenvalue weighted by Gasteiger charge is 2.50. The predicted molar refractivity (Wildman–Crippen MR) is 149 cm³/mol. The topological polar surface area (TPSA) is 61.8 Å². The van der Waals surface area contributed by atoms with Crippen molar-refractivity contribution in [2.75, 3.05) is 19.7 Å². The minimum atomic E-state index is -4.34. The minimum Gasteiger partial charge on any atom is -0.493 e. The first-order valence-corrected chi connectivity index (χ1v) is 15.3. The van der Waals surface area contributed by atoms with Crippen LogP contribution < -0.4 is 10.1 Å². The van der Waals surface area contributed by atoms with Gasteiger partial charge in [-0.25, -0.2) is 0 Å². The molecule has 8 heteroatoms. The SMILES string of the molecule is CC(C)[C@]1(C(=C2CC2)C2CCCc3cc(C(F)(F)F)ccc3OC2)CC[C@@H](N2CCC(N[C@@H](C)C(=O)O)CC2)C1. The second-order valence-electron chi connectivity index (χ2n) is 13.0. The Labute approximate surface area is 236 Å². The lowest BCUT2D eigenvalue weighted by atomic mass is 9.64. The standard InChI is InChI=1S/C32H45F3N2O3/c1-20(2)31(14-11-27(18-31)37-15-12-26(13-16-37)36-21(3)30(38)39)29(22-7-8-22)24-6-4-5-23-17-25(32(33,34)35)9-10-28(23)40-19-24/h9-10,17,20-21,24,26-27,36H,4-8,11-16,18-19H2,1-3H3,(H,38,39)/t21-,24?,27+,31-/m0/s1. The maximum atomic E-state index is 13.3. The number of rotatable bonds is 7. The van der Waals surface area contributed by atoms with Crippen LogP contribution in [0.1, 0.15) is 89.7 Å². The molecule has 4 atom stereocenters. The van der Waals surface area contributed by atoms with Gasteiger partial charge in [0.25, 0.3) is 0 Å². The van der Waals surface area contributed by atoms with Crippen LogP contribution in [0.25, 0.3) is 0 Å². The number of ether oxygens (including phenoxy) is 1. The van der Waals surface area contributed by atoms with Crippen LogP contribution in [0.5, 0.6) is 5.75 Å². The van der Waals surface area contributed by atoms with Crippen LogP contribution in [-0.4, -0.2) is 53.8 Å². The number of fused-ring (bicyclic) bond motifs is 1. The Kier molecular flexibility index (Phi) is 8.59. The van der Waals surface area contributed by atoms with Crippen molar-refractivity contribution in [3.8, 4) is 5.75 Å². The Balaban J connectivity index is 1.28. The number of halogens is 3. The number of allylic oxidation sites excluding steroid dienone is 1. The number of carboxylic acid groups (broad SMARTS) is 1. The van der Waals surface area contributed by atoms with E-state index in [1.807, 2.05) is 0 Å². The van der Waals surface area contributed by atoms with E-state index < -0.39 is 23.8 Å². The van der Waals surface area contributed by atoms with Crippen LogP contribution in [0.4, 0.5) is 13.2 Å². The van der Waals surface area contributed by atoms with E-state index in [4.69, 9.17) is 4.74 Å². The van der Waals surface area contributed by atoms with Crippen LogP contribution in [0.3, 0.4) is 0 Å². The third-order valence-electron chi connectivity index (χ3n) is 10.2. The van der Waals surface area contributed by atoms with Crippen molar-refractivity contribution in [3.05, 3.63) is 40.5 Å². The van der Waals surface area contributed by atoms with Gasteiger partial charge in [0.15, 0.2) is 0 Å². The van der Waals surface area contributed by atoms with Gasteiger partial charge in [0.1, 0.15) is 11.8 Å². The van der Waals surface area contributed by atoms with E-state index in [1.165, 1.54) is 25.0 Å². The molecule has 2 N–H and O–H groups in total. The number of nitrogens with one attached hydrogen (secondary N) is 1. The van der Waals surface area contributed by atoms with Gasteiger partial charge in [0, 0.05) is 18.0 Å². The van der Waals surface area contributed by atoms with Crippen molar-refractivity contribution < 1.29 is 27.8 Å². The maximum absolute atomic E-state index is 13.3. The fraction of sp³-hybridized carbons (Fsp3) is 0.719. The van der Waals surface area contributed by atoms with Gasteiger partial charge in [-0.1, -0.05) is 25.0 Å². The molecule has 3 fully saturated rings. The highest BCUT2D eigenvalue weighted by molar-refractivity contribution is 5.72. The molecule has 0 bridgehead atoms. The second kappa shape index (κ2) is 11.7. The number of aliphatic carboxylic acids is 1. The summed E-state index contributed by atoms with van der Waals surface area (Å²) in [6, 6.07) is 4.20. The third-order valence-corrected chi connectivity index (χ3v) is 10.2. The minimum absolute atomic E-state index is 0.139. The smallest absolute Gasteiger partial charge is 0.416 e. The third kappa shape index (κ3) is 6.23. The molecule has 0 radical (unpaired) electrons. The van der Waals surface area contributed by atoms with Gasteiger partial charge in [-0.15, -0.1) is 0 Å². The van der Waals surface area contributed by atoms with Gasteiger partial charge in [0.05, 0.1) is 12.2 Å². The van der Waals surface area contributed by atoms with Crippen molar-refractivity contribution in [1.82, 2.24) is 10.2 Å². The average Bonchev–Trinajstić information content (AvgIpc) is 3.62. The lowest BCUT2D eigenvalue weighted by Gasteiger charge is -2.43. The summed E-state index contributed by atoms with van der Waals surface area (Å²) in [6.07, 6.45) is 5.86. The Morgan fingerprint density at radius 2 is 1.82 bits per heavy atom. The molecular weight excluding hydrogens is 517 g/mol. The summed E-state index contributed by atoms with van der Waals surface area (Å²) in [6.45, 7) is 8.98. The van der Waals surface area contributed by atoms with E-state index in [2.05, 4.69) is 24.1 Å². The van der Waals surface area contributed by atoms with E-state index in [1.54, 1.807) is 18.1 Å². The molecule has 0 amide bonds. The molecule has 222 valence electrons. The summed E-state index contributed by atoms with van der Waals surface area (Å²) >= 11 is 0. The highest BCUT2D eigenvalue weighted by atomic mass is 19.4. The molecule has 1 aromatic carbocycles. The van der Waals surface area contributed by atoms with Crippen molar-refractivity contribution in [2.45, 2.75) is 109 Å². The molecule has 40 heavy (non-hydrogen) atoms. The Morgan fingerprint density at radius 3 is 2.45 bits per heavy atom. The molecule has 2 saturated carbocycles. The van der Waals surface area contributed by atoms with Crippen LogP contribution in [-0.2, 0) is 17.4 Å². The Bertz CT molecular complexity index is 1100. The monoisotopic (exact) mass is 562 g/mol. The zero-order valence-corrected chi connectivity index (χ0v) is 24.2. The molecule has 4 aliphatic rings. The van der Waals surface area contributed by atoms with Gasteiger partial charge in [0.2, 0.25) is 0 Å². The lowest BCUT2D eigenvalue weighted by Crippen LogP contribution is -2.50. The Morgan fingerprint density at radius 1 is 1.10 bits per heavy atom. The molecule has 0 aromatic heterocycles. The van der Waals surface area contributed by atoms with Crippen molar-refractivity contribution in [3.63, 3.8) is 0 Å². The highest BCUT2D eigenvalue weighted by Crippen LogP contribution is 2.58. The first kappa shape index (κ1) is 29.4. The van der Waals surface area contributed by atoms with E-state index in [9.17, 15) is 23.1 Å². The first-order valence-electron chi connectivity index (χ1n) is 15.3. The van der Waals surface area contributed by atoms with Gasteiger partial charge in [-0.05, 0) is 119 Å². The van der Waals surface area contributed by atoms with Crippen molar-refractivity contribution in [2.24, 2.45) is 17.3 Å². The molecule has 5 rings (SSSR count). The molecule has 1 saturated heterocycles. The number of benzene rings is 1. The average molecular weight is 563 g/mol. The van der Waals surface area contributed by atoms with Crippen LogP contribution in [0.2, 0.25) is 0 Å². The lowest BCUT2D eigenvalue weighted by molar-refractivity contribution is -0.139. The molecule has 0 spiro atoms. The number of aryl methyl sites for hydroxylation is 1. The molecule has 1 unspecified atom stereocenters. The van der Waals surface area contributed by atoms with Gasteiger partial charge >= 0.3 is 12.1 Å². The zero-order valence-electron chi connectivity index (χ0n) is 24.2. The number of hydrogen-bond donors (Lipinski definition) is 2. The number of piperidine rings is 1. The molecular formula is C32H45F3N2O3. The number of carbonyl (C=O) groups is 1. The fourth-order valence-corrected chi connectivity index (χ4v) is 7.81. The zero-order chi connectivity index (χ0) is 28.7. The summed E-state index contributed by atoms with van der Waals surface area (Å²) in [5, 5.41) is 12.5. The summed E-state index contributed by atoms with van der Waals surface area (Å²) < 4.78 is 46.1. The van der Waals surface area contributed by atoms with Gasteiger partial charge in [-0.3, -0.25) is 4.79 Å². The van der Waals surface area contributed by atoms with E-state index >= 15 is 0 Å². The van der Waals surface area contributed by atoms with Crippen molar-refractivity contribution >= 4 is 5.97 Å². The molecule has 2 heterocycles. The molecule has 5 nitrogen and oxygen atoms in total. The number of carboxylic acids is 1. The van der Waals surface area contributed by atoms with E-state index in [0.717, 1.165) is 64.1 Å². The summed E-state index contributed by atoms with van der Waals surface area (Å²) in [5.74, 6) is 0.618. The number of nitrogens with zero attached hydrogens (tertiary/aromatic N) is 1. The quantitative estimate of drug-likeness (QED) is 0.356. The van der Waals surface area contributed by atoms with Crippen LogP contribution >= 0.6 is 0 Å². The van der Waals surface area contributed by atoms with E-state index in [-0.39, 0.29) is 11.5 Å². The molecule has 2 aliphatic heterocycles.